The van der Waals surface area contributed by atoms with Crippen LogP contribution in [0.5, 0.6) is 0 Å². The summed E-state index contributed by atoms with van der Waals surface area (Å²) in [5.74, 6) is 1.27. The molecular weight excluding hydrogens is 240 g/mol. The van der Waals surface area contributed by atoms with E-state index in [1.165, 1.54) is 18.9 Å². The molecule has 6 nitrogen and oxygen atoms in total. The predicted octanol–water partition coefficient (Wildman–Crippen LogP) is 0.746. The van der Waals surface area contributed by atoms with Gasteiger partial charge in [-0.3, -0.25) is 9.89 Å². The summed E-state index contributed by atoms with van der Waals surface area (Å²) < 4.78 is 4.77. The molecule has 0 amide bonds. The van der Waals surface area contributed by atoms with E-state index in [1.54, 1.807) is 7.05 Å². The van der Waals surface area contributed by atoms with E-state index in [4.69, 9.17) is 4.74 Å². The lowest BCUT2D eigenvalue weighted by molar-refractivity contribution is -0.147. The topological polar surface area (TPSA) is 79.9 Å². The van der Waals surface area contributed by atoms with Crippen LogP contribution in [0.3, 0.4) is 0 Å². The number of nitrogens with one attached hydrogen (secondary N) is 2. The highest BCUT2D eigenvalue weighted by molar-refractivity contribution is 7.99. The van der Waals surface area contributed by atoms with Gasteiger partial charge in [0.25, 0.3) is 0 Å². The van der Waals surface area contributed by atoms with E-state index >= 15 is 0 Å². The van der Waals surface area contributed by atoms with Gasteiger partial charge < -0.3 is 10.1 Å². The van der Waals surface area contributed by atoms with Crippen LogP contribution in [-0.2, 0) is 9.53 Å². The second-order valence-corrected chi connectivity index (χ2v) is 4.94. The number of aromatic nitrogens is 3. The fourth-order valence-electron chi connectivity index (χ4n) is 1.29. The highest BCUT2D eigenvalue weighted by Gasteiger charge is 2.32. The molecule has 1 aromatic heterocycles. The molecule has 0 saturated carbocycles. The molecule has 0 aliphatic heterocycles. The van der Waals surface area contributed by atoms with Crippen LogP contribution in [-0.4, -0.2) is 46.6 Å². The van der Waals surface area contributed by atoms with Crippen molar-refractivity contribution in [2.24, 2.45) is 0 Å². The highest BCUT2D eigenvalue weighted by atomic mass is 32.2. The Morgan fingerprint density at radius 3 is 2.82 bits per heavy atom. The molecule has 0 fully saturated rings. The lowest BCUT2D eigenvalue weighted by Gasteiger charge is -2.25. The first-order chi connectivity index (χ1) is 8.01. The Balaban J connectivity index is 2.46. The fourth-order valence-corrected chi connectivity index (χ4v) is 2.29. The number of thioether (sulfide) groups is 1. The third-order valence-electron chi connectivity index (χ3n) is 2.60. The molecule has 0 aliphatic carbocycles. The summed E-state index contributed by atoms with van der Waals surface area (Å²) in [4.78, 5) is 15.8. The second-order valence-electron chi connectivity index (χ2n) is 3.88. The zero-order valence-corrected chi connectivity index (χ0v) is 11.3. The number of hydrogen-bond acceptors (Lipinski definition) is 6. The summed E-state index contributed by atoms with van der Waals surface area (Å²) in [6.45, 7) is 3.67. The minimum atomic E-state index is -0.660. The number of hydrogen-bond donors (Lipinski definition) is 2. The SMILES string of the molecule is CNC(C)(CCSc1n[nH]c(C)n1)C(=O)OC. The van der Waals surface area contributed by atoms with Crippen molar-refractivity contribution >= 4 is 17.7 Å². The Kier molecular flexibility index (Phi) is 4.95. The fraction of sp³-hybridized carbons (Fsp3) is 0.700. The van der Waals surface area contributed by atoms with Gasteiger partial charge in [-0.1, -0.05) is 11.8 Å². The number of rotatable bonds is 6. The maximum Gasteiger partial charge on any atom is 0.325 e. The number of esters is 1. The van der Waals surface area contributed by atoms with Gasteiger partial charge in [-0.25, -0.2) is 4.98 Å². The van der Waals surface area contributed by atoms with E-state index in [0.717, 1.165) is 11.6 Å². The molecule has 0 radical (unpaired) electrons. The minimum absolute atomic E-state index is 0.258. The molecule has 96 valence electrons. The molecule has 0 bridgehead atoms. The van der Waals surface area contributed by atoms with Crippen molar-refractivity contribution in [2.75, 3.05) is 19.9 Å². The van der Waals surface area contributed by atoms with E-state index in [2.05, 4.69) is 20.5 Å². The van der Waals surface area contributed by atoms with Crippen LogP contribution in [0.4, 0.5) is 0 Å². The van der Waals surface area contributed by atoms with E-state index in [1.807, 2.05) is 13.8 Å². The summed E-state index contributed by atoms with van der Waals surface area (Å²) in [6.07, 6.45) is 0.647. The highest BCUT2D eigenvalue weighted by Crippen LogP contribution is 2.19. The number of aromatic amines is 1. The van der Waals surface area contributed by atoms with Crippen molar-refractivity contribution in [3.05, 3.63) is 5.82 Å². The predicted molar refractivity (Wildman–Crippen MR) is 65.9 cm³/mol. The monoisotopic (exact) mass is 258 g/mol. The van der Waals surface area contributed by atoms with E-state index in [9.17, 15) is 4.79 Å². The van der Waals surface area contributed by atoms with Crippen LogP contribution in [0, 0.1) is 6.92 Å². The average Bonchev–Trinajstić information content (AvgIpc) is 2.73. The normalized spacial score (nSPS) is 14.4. The van der Waals surface area contributed by atoms with Crippen molar-refractivity contribution in [3.63, 3.8) is 0 Å². The van der Waals surface area contributed by atoms with E-state index in [0.29, 0.717) is 11.6 Å². The first kappa shape index (κ1) is 14.0. The zero-order valence-electron chi connectivity index (χ0n) is 10.5. The van der Waals surface area contributed by atoms with Gasteiger partial charge in [0, 0.05) is 5.75 Å². The molecule has 0 aromatic carbocycles. The molecule has 1 rings (SSSR count). The quantitative estimate of drug-likeness (QED) is 0.579. The summed E-state index contributed by atoms with van der Waals surface area (Å²) >= 11 is 1.51. The first-order valence-electron chi connectivity index (χ1n) is 5.31. The van der Waals surface area contributed by atoms with Gasteiger partial charge in [-0.05, 0) is 27.3 Å². The zero-order chi connectivity index (χ0) is 12.9. The van der Waals surface area contributed by atoms with Gasteiger partial charge in [0.05, 0.1) is 7.11 Å². The number of methoxy groups -OCH3 is 1. The van der Waals surface area contributed by atoms with Crippen molar-refractivity contribution < 1.29 is 9.53 Å². The van der Waals surface area contributed by atoms with Gasteiger partial charge in [0.1, 0.15) is 11.4 Å². The third kappa shape index (κ3) is 3.71. The van der Waals surface area contributed by atoms with Gasteiger partial charge in [0.2, 0.25) is 5.16 Å². The van der Waals surface area contributed by atoms with Gasteiger partial charge in [-0.2, -0.15) is 0 Å². The lowest BCUT2D eigenvalue weighted by atomic mass is 10.00. The molecule has 7 heteroatoms. The molecule has 2 N–H and O–H groups in total. The summed E-state index contributed by atoms with van der Waals surface area (Å²) in [7, 11) is 3.14. The smallest absolute Gasteiger partial charge is 0.325 e. The number of ether oxygens (including phenoxy) is 1. The van der Waals surface area contributed by atoms with Crippen molar-refractivity contribution in [2.45, 2.75) is 31.0 Å². The first-order valence-corrected chi connectivity index (χ1v) is 6.29. The van der Waals surface area contributed by atoms with E-state index < -0.39 is 5.54 Å². The van der Waals surface area contributed by atoms with Crippen LogP contribution in [0.1, 0.15) is 19.2 Å². The Morgan fingerprint density at radius 2 is 2.35 bits per heavy atom. The lowest BCUT2D eigenvalue weighted by Crippen LogP contribution is -2.48. The van der Waals surface area contributed by atoms with E-state index in [-0.39, 0.29) is 5.97 Å². The number of aryl methyl sites for hydroxylation is 1. The Hall–Kier alpha value is -1.08. The number of carbonyl (C=O) groups excluding carboxylic acids is 1. The maximum atomic E-state index is 11.6. The average molecular weight is 258 g/mol. The molecule has 1 heterocycles. The molecule has 1 atom stereocenters. The molecule has 0 aliphatic rings. The summed E-state index contributed by atoms with van der Waals surface area (Å²) in [6, 6.07) is 0. The molecule has 17 heavy (non-hydrogen) atoms. The summed E-state index contributed by atoms with van der Waals surface area (Å²) in [5.41, 5.74) is -0.660. The molecule has 0 saturated heterocycles. The largest absolute Gasteiger partial charge is 0.468 e. The van der Waals surface area contributed by atoms with Gasteiger partial charge in [-0.15, -0.1) is 5.10 Å². The van der Waals surface area contributed by atoms with Crippen molar-refractivity contribution in [1.82, 2.24) is 20.5 Å². The standard InChI is InChI=1S/C10H18N4O2S/c1-7-12-9(14-13-7)17-6-5-10(2,11-3)8(15)16-4/h11H,5-6H2,1-4H3,(H,12,13,14). The van der Waals surface area contributed by atoms with Crippen LogP contribution < -0.4 is 5.32 Å². The van der Waals surface area contributed by atoms with Gasteiger partial charge in [0.15, 0.2) is 0 Å². The van der Waals surface area contributed by atoms with Crippen LogP contribution in [0.2, 0.25) is 0 Å². The number of carbonyl (C=O) groups is 1. The summed E-state index contributed by atoms with van der Waals surface area (Å²) in [5, 5.41) is 10.5. The Labute approximate surface area is 105 Å². The third-order valence-corrected chi connectivity index (χ3v) is 3.45. The number of nitrogens with zero attached hydrogens (tertiary/aromatic N) is 2. The van der Waals surface area contributed by atoms with Crippen molar-refractivity contribution in [3.8, 4) is 0 Å². The molecule has 1 aromatic rings. The minimum Gasteiger partial charge on any atom is -0.468 e. The second kappa shape index (κ2) is 6.02. The Morgan fingerprint density at radius 1 is 1.65 bits per heavy atom. The molecule has 1 unspecified atom stereocenters. The number of H-pyrrole nitrogens is 1. The van der Waals surface area contributed by atoms with Gasteiger partial charge >= 0.3 is 5.97 Å². The number of likely N-dealkylation sites (N-methyl/N-ethyl adjacent to an activating group) is 1. The van der Waals surface area contributed by atoms with Crippen molar-refractivity contribution in [1.29, 1.82) is 0 Å². The van der Waals surface area contributed by atoms with Crippen LogP contribution >= 0.6 is 11.8 Å². The maximum absolute atomic E-state index is 11.6. The van der Waals surface area contributed by atoms with Crippen LogP contribution in [0.15, 0.2) is 5.16 Å². The molecular formula is C10H18N4O2S. The van der Waals surface area contributed by atoms with Crippen LogP contribution in [0.25, 0.3) is 0 Å². The molecule has 0 spiro atoms. The Bertz CT molecular complexity index is 382.